The average molecular weight is 266 g/mol. The third-order valence-corrected chi connectivity index (χ3v) is 4.02. The minimum Gasteiger partial charge on any atom is -0.479 e. The van der Waals surface area contributed by atoms with Crippen LogP contribution < -0.4 is 0 Å². The summed E-state index contributed by atoms with van der Waals surface area (Å²) < 4.78 is 1.55. The molecule has 0 bridgehead atoms. The Hall–Kier alpha value is -1.46. The summed E-state index contributed by atoms with van der Waals surface area (Å²) in [7, 11) is 0. The molecule has 1 saturated carbocycles. The molecule has 1 fully saturated rings. The van der Waals surface area contributed by atoms with Crippen molar-refractivity contribution in [2.24, 2.45) is 0 Å². The van der Waals surface area contributed by atoms with Crippen LogP contribution in [0.15, 0.2) is 0 Å². The van der Waals surface area contributed by atoms with Crippen molar-refractivity contribution in [1.82, 2.24) is 20.2 Å². The SMILES string of the molecule is CCCCCCCc1nnnn1C1(C(=O)O)CCC1. The lowest BCUT2D eigenvalue weighted by molar-refractivity contribution is -0.153. The highest BCUT2D eigenvalue weighted by Gasteiger charge is 2.48. The van der Waals surface area contributed by atoms with Crippen LogP contribution in [0.4, 0.5) is 0 Å². The van der Waals surface area contributed by atoms with Gasteiger partial charge in [0.15, 0.2) is 11.4 Å². The number of aromatic nitrogens is 4. The van der Waals surface area contributed by atoms with E-state index >= 15 is 0 Å². The number of hydrogen-bond donors (Lipinski definition) is 1. The van der Waals surface area contributed by atoms with Gasteiger partial charge in [0.1, 0.15) is 0 Å². The largest absolute Gasteiger partial charge is 0.479 e. The highest BCUT2D eigenvalue weighted by Crippen LogP contribution is 2.39. The number of hydrogen-bond acceptors (Lipinski definition) is 4. The normalized spacial score (nSPS) is 17.1. The van der Waals surface area contributed by atoms with Gasteiger partial charge in [-0.1, -0.05) is 32.6 Å². The molecule has 0 aliphatic heterocycles. The molecule has 6 nitrogen and oxygen atoms in total. The van der Waals surface area contributed by atoms with E-state index in [0.29, 0.717) is 12.8 Å². The second-order valence-corrected chi connectivity index (χ2v) is 5.36. The molecule has 6 heteroatoms. The molecule has 19 heavy (non-hydrogen) atoms. The summed E-state index contributed by atoms with van der Waals surface area (Å²) in [6.45, 7) is 2.19. The topological polar surface area (TPSA) is 80.9 Å². The van der Waals surface area contributed by atoms with E-state index < -0.39 is 11.5 Å². The Bertz CT molecular complexity index is 426. The van der Waals surface area contributed by atoms with Crippen LogP contribution in [0.5, 0.6) is 0 Å². The average Bonchev–Trinajstić information content (AvgIpc) is 2.76. The first kappa shape index (κ1) is 14.0. The van der Waals surface area contributed by atoms with E-state index in [2.05, 4.69) is 22.4 Å². The maximum atomic E-state index is 11.5. The number of nitrogens with zero attached hydrogens (tertiary/aromatic N) is 4. The van der Waals surface area contributed by atoms with Gasteiger partial charge < -0.3 is 5.11 Å². The molecule has 0 radical (unpaired) electrons. The summed E-state index contributed by atoms with van der Waals surface area (Å²) in [6, 6.07) is 0. The molecule has 0 unspecified atom stereocenters. The van der Waals surface area contributed by atoms with E-state index in [9.17, 15) is 9.90 Å². The highest BCUT2D eigenvalue weighted by atomic mass is 16.4. The van der Waals surface area contributed by atoms with Gasteiger partial charge in [0.2, 0.25) is 0 Å². The summed E-state index contributed by atoms with van der Waals surface area (Å²) in [5.41, 5.74) is -0.873. The van der Waals surface area contributed by atoms with Crippen LogP contribution in [0.2, 0.25) is 0 Å². The number of aliphatic carboxylic acids is 1. The minimum absolute atomic E-state index is 0.635. The quantitative estimate of drug-likeness (QED) is 0.729. The predicted octanol–water partition coefficient (Wildman–Crippen LogP) is 2.15. The third kappa shape index (κ3) is 2.77. The molecule has 1 aromatic heterocycles. The number of carboxylic acid groups (broad SMARTS) is 1. The number of rotatable bonds is 8. The van der Waals surface area contributed by atoms with E-state index in [1.165, 1.54) is 19.3 Å². The van der Waals surface area contributed by atoms with Gasteiger partial charge in [0.05, 0.1) is 0 Å². The van der Waals surface area contributed by atoms with Gasteiger partial charge >= 0.3 is 5.97 Å². The first-order valence-electron chi connectivity index (χ1n) is 7.22. The van der Waals surface area contributed by atoms with E-state index in [-0.39, 0.29) is 0 Å². The lowest BCUT2D eigenvalue weighted by Crippen LogP contribution is -2.49. The van der Waals surface area contributed by atoms with Gasteiger partial charge in [0.25, 0.3) is 0 Å². The smallest absolute Gasteiger partial charge is 0.331 e. The molecule has 1 heterocycles. The Morgan fingerprint density at radius 2 is 2.05 bits per heavy atom. The number of unbranched alkanes of at least 4 members (excludes halogenated alkanes) is 4. The van der Waals surface area contributed by atoms with Gasteiger partial charge in [-0.05, 0) is 36.1 Å². The zero-order valence-corrected chi connectivity index (χ0v) is 11.5. The number of aryl methyl sites for hydroxylation is 1. The third-order valence-electron chi connectivity index (χ3n) is 4.02. The Kier molecular flexibility index (Phi) is 4.50. The summed E-state index contributed by atoms with van der Waals surface area (Å²) in [4.78, 5) is 11.5. The Morgan fingerprint density at radius 1 is 1.32 bits per heavy atom. The maximum absolute atomic E-state index is 11.5. The van der Waals surface area contributed by atoms with E-state index in [1.54, 1.807) is 4.68 Å². The van der Waals surface area contributed by atoms with Crippen molar-refractivity contribution in [3.05, 3.63) is 5.82 Å². The zero-order valence-electron chi connectivity index (χ0n) is 11.5. The van der Waals surface area contributed by atoms with Gasteiger partial charge in [-0.2, -0.15) is 0 Å². The highest BCUT2D eigenvalue weighted by molar-refractivity contribution is 5.77. The maximum Gasteiger partial charge on any atom is 0.331 e. The molecule has 2 rings (SSSR count). The van der Waals surface area contributed by atoms with Gasteiger partial charge in [-0.3, -0.25) is 0 Å². The van der Waals surface area contributed by atoms with Gasteiger partial charge in [-0.25, -0.2) is 9.48 Å². The lowest BCUT2D eigenvalue weighted by atomic mass is 9.77. The second-order valence-electron chi connectivity index (χ2n) is 5.36. The zero-order chi connectivity index (χ0) is 13.7. The molecular weight excluding hydrogens is 244 g/mol. The fourth-order valence-corrected chi connectivity index (χ4v) is 2.61. The molecule has 106 valence electrons. The molecule has 0 saturated heterocycles. The van der Waals surface area contributed by atoms with Crippen molar-refractivity contribution in [3.63, 3.8) is 0 Å². The Morgan fingerprint density at radius 3 is 2.63 bits per heavy atom. The van der Waals surface area contributed by atoms with Crippen molar-refractivity contribution in [2.45, 2.75) is 70.3 Å². The first-order chi connectivity index (χ1) is 9.20. The second kappa shape index (κ2) is 6.12. The monoisotopic (exact) mass is 266 g/mol. The van der Waals surface area contributed by atoms with Crippen LogP contribution in [0.3, 0.4) is 0 Å². The molecule has 0 atom stereocenters. The number of carboxylic acids is 1. The Balaban J connectivity index is 1.96. The summed E-state index contributed by atoms with van der Waals surface area (Å²) >= 11 is 0. The Labute approximate surface area is 113 Å². The molecule has 1 aliphatic rings. The molecular formula is C13H22N4O2. The molecule has 0 aromatic carbocycles. The van der Waals surface area contributed by atoms with Crippen LogP contribution in [-0.4, -0.2) is 31.3 Å². The van der Waals surface area contributed by atoms with Crippen molar-refractivity contribution in [1.29, 1.82) is 0 Å². The molecule has 1 aromatic rings. The van der Waals surface area contributed by atoms with E-state index in [1.807, 2.05) is 0 Å². The van der Waals surface area contributed by atoms with Crippen LogP contribution in [0.25, 0.3) is 0 Å². The van der Waals surface area contributed by atoms with Crippen molar-refractivity contribution in [3.8, 4) is 0 Å². The van der Waals surface area contributed by atoms with Crippen LogP contribution in [0.1, 0.15) is 64.1 Å². The summed E-state index contributed by atoms with van der Waals surface area (Å²) in [6.07, 6.45) is 8.85. The van der Waals surface area contributed by atoms with Crippen LogP contribution in [-0.2, 0) is 16.8 Å². The molecule has 1 aliphatic carbocycles. The number of carbonyl (C=O) groups is 1. The van der Waals surface area contributed by atoms with Gasteiger partial charge in [-0.15, -0.1) is 5.10 Å². The fraction of sp³-hybridized carbons (Fsp3) is 0.846. The van der Waals surface area contributed by atoms with E-state index in [0.717, 1.165) is 31.5 Å². The first-order valence-corrected chi connectivity index (χ1v) is 7.22. The fourth-order valence-electron chi connectivity index (χ4n) is 2.61. The molecule has 0 spiro atoms. The van der Waals surface area contributed by atoms with E-state index in [4.69, 9.17) is 0 Å². The molecule has 1 N–H and O–H groups in total. The number of tetrazole rings is 1. The predicted molar refractivity (Wildman–Crippen MR) is 69.7 cm³/mol. The standard InChI is InChI=1S/C13H22N4O2/c1-2-3-4-5-6-8-11-14-15-16-17(11)13(12(18)19)9-7-10-13/h2-10H2,1H3,(H,18,19). The summed E-state index contributed by atoms with van der Waals surface area (Å²) in [5.74, 6) is -0.0862. The van der Waals surface area contributed by atoms with Crippen LogP contribution in [0, 0.1) is 0 Å². The lowest BCUT2D eigenvalue weighted by Gasteiger charge is -2.37. The van der Waals surface area contributed by atoms with Crippen molar-refractivity contribution in [2.75, 3.05) is 0 Å². The van der Waals surface area contributed by atoms with Gasteiger partial charge in [0, 0.05) is 6.42 Å². The minimum atomic E-state index is -0.873. The summed E-state index contributed by atoms with van der Waals surface area (Å²) in [5, 5.41) is 21.0. The molecule has 0 amide bonds. The van der Waals surface area contributed by atoms with Crippen molar-refractivity contribution >= 4 is 5.97 Å². The van der Waals surface area contributed by atoms with Crippen molar-refractivity contribution < 1.29 is 9.90 Å². The van der Waals surface area contributed by atoms with Crippen LogP contribution >= 0.6 is 0 Å².